The maximum Gasteiger partial charge on any atom is 0.309 e. The van der Waals surface area contributed by atoms with E-state index >= 15 is 0 Å². The van der Waals surface area contributed by atoms with Gasteiger partial charge >= 0.3 is 5.97 Å². The fraction of sp³-hybridized carbons (Fsp3) is 0.200. The lowest BCUT2D eigenvalue weighted by Gasteiger charge is -2.16. The van der Waals surface area contributed by atoms with Gasteiger partial charge in [-0.25, -0.2) is 0 Å². The lowest BCUT2D eigenvalue weighted by atomic mass is 9.90. The van der Waals surface area contributed by atoms with Gasteiger partial charge in [0, 0.05) is 12.0 Å². The Bertz CT molecular complexity index is 621. The Hall–Kier alpha value is -2.68. The average Bonchev–Trinajstić information content (AvgIpc) is 2.61. The number of carbonyl (C=O) groups is 2. The van der Waals surface area contributed by atoms with E-state index in [1.54, 1.807) is 12.1 Å². The van der Waals surface area contributed by atoms with Crippen LogP contribution >= 0.6 is 0 Å². The van der Waals surface area contributed by atoms with Crippen molar-refractivity contribution in [2.24, 2.45) is 5.92 Å². The first-order valence-electron chi connectivity index (χ1n) is 7.51. The van der Waals surface area contributed by atoms with E-state index in [1.165, 1.54) is 7.11 Å². The third-order valence-electron chi connectivity index (χ3n) is 3.74. The Morgan fingerprint density at radius 3 is 1.96 bits per heavy atom. The molecule has 0 saturated carbocycles. The second-order valence-electron chi connectivity index (χ2n) is 5.39. The maximum absolute atomic E-state index is 12.4. The van der Waals surface area contributed by atoms with E-state index in [0.29, 0.717) is 12.0 Å². The van der Waals surface area contributed by atoms with Crippen LogP contribution in [0, 0.1) is 5.92 Å². The maximum atomic E-state index is 12.4. The Labute approximate surface area is 136 Å². The van der Waals surface area contributed by atoms with E-state index < -0.39 is 5.92 Å². The van der Waals surface area contributed by atoms with Crippen LogP contribution < -0.4 is 0 Å². The van der Waals surface area contributed by atoms with E-state index in [4.69, 9.17) is 4.74 Å². The molecule has 0 aliphatic heterocycles. The highest BCUT2D eigenvalue weighted by molar-refractivity contribution is 5.98. The van der Waals surface area contributed by atoms with Crippen LogP contribution in [0.15, 0.2) is 67.2 Å². The van der Waals surface area contributed by atoms with Crippen LogP contribution in [0.4, 0.5) is 0 Å². The second kappa shape index (κ2) is 8.08. The molecule has 2 aromatic rings. The van der Waals surface area contributed by atoms with Gasteiger partial charge in [0.15, 0.2) is 5.78 Å². The molecule has 23 heavy (non-hydrogen) atoms. The predicted molar refractivity (Wildman–Crippen MR) is 91.0 cm³/mol. The van der Waals surface area contributed by atoms with Crippen LogP contribution in [-0.2, 0) is 9.53 Å². The first-order chi connectivity index (χ1) is 11.1. The van der Waals surface area contributed by atoms with Gasteiger partial charge in [-0.1, -0.05) is 67.2 Å². The lowest BCUT2D eigenvalue weighted by molar-refractivity contribution is -0.145. The van der Waals surface area contributed by atoms with Crippen LogP contribution in [0.1, 0.15) is 28.8 Å². The SMILES string of the molecule is C=C(CC(CC(=O)c1ccccc1)C(=O)OC)c1ccccc1. The quantitative estimate of drug-likeness (QED) is 0.570. The third-order valence-corrected chi connectivity index (χ3v) is 3.74. The zero-order chi connectivity index (χ0) is 16.7. The minimum Gasteiger partial charge on any atom is -0.469 e. The summed E-state index contributed by atoms with van der Waals surface area (Å²) in [7, 11) is 1.34. The number of rotatable bonds is 7. The van der Waals surface area contributed by atoms with Gasteiger partial charge in [0.25, 0.3) is 0 Å². The van der Waals surface area contributed by atoms with Crippen LogP contribution in [0.3, 0.4) is 0 Å². The molecule has 1 atom stereocenters. The van der Waals surface area contributed by atoms with Gasteiger partial charge in [0.1, 0.15) is 0 Å². The van der Waals surface area contributed by atoms with Crippen LogP contribution in [0.2, 0.25) is 0 Å². The summed E-state index contributed by atoms with van der Waals surface area (Å²) in [5, 5.41) is 0. The molecule has 2 rings (SSSR count). The summed E-state index contributed by atoms with van der Waals surface area (Å²) in [6.07, 6.45) is 0.512. The van der Waals surface area contributed by atoms with Gasteiger partial charge in [-0.2, -0.15) is 0 Å². The molecular weight excluding hydrogens is 288 g/mol. The number of Topliss-reactive ketones (excluding diaryl/α,β-unsaturated/α-hetero) is 1. The number of hydrogen-bond donors (Lipinski definition) is 0. The Kier molecular flexibility index (Phi) is 5.87. The van der Waals surface area contributed by atoms with E-state index in [9.17, 15) is 9.59 Å². The fourth-order valence-corrected chi connectivity index (χ4v) is 2.46. The molecular formula is C20H20O3. The number of esters is 1. The first-order valence-corrected chi connectivity index (χ1v) is 7.51. The molecule has 0 amide bonds. The van der Waals surface area contributed by atoms with E-state index in [1.807, 2.05) is 48.5 Å². The molecule has 2 aromatic carbocycles. The molecule has 118 valence electrons. The molecule has 3 heteroatoms. The van der Waals surface area contributed by atoms with Crippen molar-refractivity contribution in [2.75, 3.05) is 7.11 Å². The summed E-state index contributed by atoms with van der Waals surface area (Å²) in [6.45, 7) is 4.04. The van der Waals surface area contributed by atoms with Crippen molar-refractivity contribution in [3.63, 3.8) is 0 Å². The topological polar surface area (TPSA) is 43.4 Å². The molecule has 0 aliphatic carbocycles. The molecule has 0 fully saturated rings. The van der Waals surface area contributed by atoms with Crippen LogP contribution in [0.5, 0.6) is 0 Å². The minimum absolute atomic E-state index is 0.0677. The van der Waals surface area contributed by atoms with Crippen molar-refractivity contribution in [3.8, 4) is 0 Å². The number of ketones is 1. The van der Waals surface area contributed by atoms with Gasteiger partial charge in [-0.15, -0.1) is 0 Å². The summed E-state index contributed by atoms with van der Waals surface area (Å²) in [5.74, 6) is -0.978. The summed E-state index contributed by atoms with van der Waals surface area (Å²) in [5.41, 5.74) is 2.39. The molecule has 0 bridgehead atoms. The monoisotopic (exact) mass is 308 g/mol. The molecule has 0 saturated heterocycles. The third kappa shape index (κ3) is 4.65. The zero-order valence-corrected chi connectivity index (χ0v) is 13.2. The molecule has 0 radical (unpaired) electrons. The van der Waals surface area contributed by atoms with Crippen molar-refractivity contribution < 1.29 is 14.3 Å². The van der Waals surface area contributed by atoms with Gasteiger partial charge < -0.3 is 4.74 Å². The number of benzene rings is 2. The number of carbonyl (C=O) groups excluding carboxylic acids is 2. The van der Waals surface area contributed by atoms with Crippen molar-refractivity contribution in [2.45, 2.75) is 12.8 Å². The van der Waals surface area contributed by atoms with E-state index in [0.717, 1.165) is 11.1 Å². The van der Waals surface area contributed by atoms with Crippen LogP contribution in [-0.4, -0.2) is 18.9 Å². The highest BCUT2D eigenvalue weighted by Gasteiger charge is 2.24. The first kappa shape index (κ1) is 16.7. The summed E-state index contributed by atoms with van der Waals surface area (Å²) >= 11 is 0. The Morgan fingerprint density at radius 2 is 1.43 bits per heavy atom. The minimum atomic E-state index is -0.527. The van der Waals surface area contributed by atoms with E-state index in [-0.39, 0.29) is 18.2 Å². The predicted octanol–water partition coefficient (Wildman–Crippen LogP) is 4.15. The second-order valence-corrected chi connectivity index (χ2v) is 5.39. The lowest BCUT2D eigenvalue weighted by Crippen LogP contribution is -2.20. The van der Waals surface area contributed by atoms with Crippen molar-refractivity contribution >= 4 is 17.3 Å². The molecule has 0 N–H and O–H groups in total. The Balaban J connectivity index is 2.10. The summed E-state index contributed by atoms with van der Waals surface area (Å²) in [4.78, 5) is 24.4. The van der Waals surface area contributed by atoms with Gasteiger partial charge in [-0.05, 0) is 17.6 Å². The number of methoxy groups -OCH3 is 1. The van der Waals surface area contributed by atoms with Gasteiger partial charge in [0.05, 0.1) is 13.0 Å². The number of allylic oxidation sites excluding steroid dienone is 1. The number of ether oxygens (including phenoxy) is 1. The van der Waals surface area contributed by atoms with Crippen molar-refractivity contribution in [1.29, 1.82) is 0 Å². The normalized spacial score (nSPS) is 11.5. The van der Waals surface area contributed by atoms with Gasteiger partial charge in [0.2, 0.25) is 0 Å². The highest BCUT2D eigenvalue weighted by Crippen LogP contribution is 2.25. The van der Waals surface area contributed by atoms with Crippen LogP contribution in [0.25, 0.3) is 5.57 Å². The van der Waals surface area contributed by atoms with Crippen molar-refractivity contribution in [3.05, 3.63) is 78.4 Å². The molecule has 0 aromatic heterocycles. The highest BCUT2D eigenvalue weighted by atomic mass is 16.5. The fourth-order valence-electron chi connectivity index (χ4n) is 2.46. The average molecular weight is 308 g/mol. The molecule has 0 heterocycles. The summed E-state index contributed by atoms with van der Waals surface area (Å²) < 4.78 is 4.85. The Morgan fingerprint density at radius 1 is 0.913 bits per heavy atom. The smallest absolute Gasteiger partial charge is 0.309 e. The molecule has 3 nitrogen and oxygen atoms in total. The number of hydrogen-bond acceptors (Lipinski definition) is 3. The zero-order valence-electron chi connectivity index (χ0n) is 13.2. The standard InChI is InChI=1S/C20H20O3/c1-15(16-9-5-3-6-10-16)13-18(20(22)23-2)14-19(21)17-11-7-4-8-12-17/h3-12,18H,1,13-14H2,2H3. The van der Waals surface area contributed by atoms with Crippen molar-refractivity contribution in [1.82, 2.24) is 0 Å². The van der Waals surface area contributed by atoms with Gasteiger partial charge in [-0.3, -0.25) is 9.59 Å². The largest absolute Gasteiger partial charge is 0.469 e. The summed E-state index contributed by atoms with van der Waals surface area (Å²) in [6, 6.07) is 18.6. The molecule has 0 spiro atoms. The molecule has 0 aliphatic rings. The molecule has 1 unspecified atom stereocenters. The van der Waals surface area contributed by atoms with E-state index in [2.05, 4.69) is 6.58 Å².